The van der Waals surface area contributed by atoms with Crippen molar-refractivity contribution in [3.63, 3.8) is 0 Å². The number of benzene rings is 2. The molecule has 0 atom stereocenters. The van der Waals surface area contributed by atoms with Crippen LogP contribution in [0.5, 0.6) is 0 Å². The standard InChI is InChI=1S/C27H27F3N4O3S2/c1-3-5-17-33(4-2)39(36,37)21-11-9-20(10-12-21)25(35)34(18-19-13-15-31-16-14-19)26-32-24-22(27(28,29)30)7-6-8-23(24)38-26/h6-16H,3-5,17-18H2,1-2H3. The zero-order valence-electron chi connectivity index (χ0n) is 21.4. The Morgan fingerprint density at radius 3 is 2.31 bits per heavy atom. The topological polar surface area (TPSA) is 83.5 Å². The van der Waals surface area contributed by atoms with Crippen molar-refractivity contribution in [2.45, 2.75) is 44.3 Å². The lowest BCUT2D eigenvalue weighted by Gasteiger charge is -2.22. The summed E-state index contributed by atoms with van der Waals surface area (Å²) < 4.78 is 68.7. The molecule has 2 aromatic carbocycles. The molecule has 2 heterocycles. The average molecular weight is 577 g/mol. The second-order valence-electron chi connectivity index (χ2n) is 8.77. The van der Waals surface area contributed by atoms with Crippen LogP contribution in [0.3, 0.4) is 0 Å². The van der Waals surface area contributed by atoms with Crippen LogP contribution in [0.2, 0.25) is 0 Å². The Bertz CT molecular complexity index is 1540. The van der Waals surface area contributed by atoms with Crippen LogP contribution < -0.4 is 4.90 Å². The monoisotopic (exact) mass is 576 g/mol. The molecule has 0 saturated carbocycles. The highest BCUT2D eigenvalue weighted by molar-refractivity contribution is 7.89. The summed E-state index contributed by atoms with van der Waals surface area (Å²) >= 11 is 0.976. The van der Waals surface area contributed by atoms with E-state index in [0.717, 1.165) is 30.2 Å². The minimum absolute atomic E-state index is 0.0310. The number of carbonyl (C=O) groups is 1. The van der Waals surface area contributed by atoms with Crippen LogP contribution in [0.1, 0.15) is 48.2 Å². The van der Waals surface area contributed by atoms with Crippen LogP contribution in [0, 0.1) is 0 Å². The van der Waals surface area contributed by atoms with E-state index in [0.29, 0.717) is 23.4 Å². The third-order valence-electron chi connectivity index (χ3n) is 6.13. The van der Waals surface area contributed by atoms with Crippen molar-refractivity contribution in [3.05, 3.63) is 83.7 Å². The van der Waals surface area contributed by atoms with E-state index < -0.39 is 27.7 Å². The Hall–Kier alpha value is -3.35. The first-order chi connectivity index (χ1) is 18.6. The van der Waals surface area contributed by atoms with Gasteiger partial charge >= 0.3 is 6.18 Å². The minimum Gasteiger partial charge on any atom is -0.279 e. The maximum atomic E-state index is 13.7. The summed E-state index contributed by atoms with van der Waals surface area (Å²) in [4.78, 5) is 23.3. The lowest BCUT2D eigenvalue weighted by atomic mass is 10.2. The van der Waals surface area contributed by atoms with Crippen LogP contribution in [-0.2, 0) is 22.7 Å². The number of rotatable bonds is 10. The smallest absolute Gasteiger partial charge is 0.279 e. The number of hydrogen-bond acceptors (Lipinski definition) is 6. The Morgan fingerprint density at radius 2 is 1.69 bits per heavy atom. The second kappa shape index (κ2) is 11.8. The molecule has 1 amide bonds. The number of sulfonamides is 1. The van der Waals surface area contributed by atoms with Crippen molar-refractivity contribution < 1.29 is 26.4 Å². The van der Waals surface area contributed by atoms with Gasteiger partial charge in [-0.2, -0.15) is 17.5 Å². The number of thiazole rings is 1. The number of para-hydroxylation sites is 1. The van der Waals surface area contributed by atoms with Crippen molar-refractivity contribution in [1.82, 2.24) is 14.3 Å². The first kappa shape index (κ1) is 28.7. The average Bonchev–Trinajstić information content (AvgIpc) is 3.36. The van der Waals surface area contributed by atoms with Gasteiger partial charge in [0.15, 0.2) is 5.13 Å². The fourth-order valence-corrected chi connectivity index (χ4v) is 6.51. The predicted molar refractivity (Wildman–Crippen MR) is 145 cm³/mol. The van der Waals surface area contributed by atoms with Gasteiger partial charge in [0.05, 0.1) is 27.2 Å². The lowest BCUT2D eigenvalue weighted by molar-refractivity contribution is -0.136. The molecule has 0 aliphatic carbocycles. The number of amides is 1. The number of unbranched alkanes of at least 4 members (excludes halogenated alkanes) is 1. The van der Waals surface area contributed by atoms with E-state index in [4.69, 9.17) is 0 Å². The van der Waals surface area contributed by atoms with Gasteiger partial charge in [-0.1, -0.05) is 37.7 Å². The number of fused-ring (bicyclic) bond motifs is 1. The van der Waals surface area contributed by atoms with E-state index in [9.17, 15) is 26.4 Å². The van der Waals surface area contributed by atoms with Gasteiger partial charge in [-0.3, -0.25) is 14.7 Å². The number of aromatic nitrogens is 2. The van der Waals surface area contributed by atoms with Crippen molar-refractivity contribution in [3.8, 4) is 0 Å². The van der Waals surface area contributed by atoms with E-state index in [2.05, 4.69) is 9.97 Å². The number of nitrogens with zero attached hydrogens (tertiary/aromatic N) is 4. The SMILES string of the molecule is CCCCN(CC)S(=O)(=O)c1ccc(C(=O)N(Cc2ccncc2)c2nc3c(C(F)(F)F)cccc3s2)cc1. The van der Waals surface area contributed by atoms with Gasteiger partial charge in [0.2, 0.25) is 10.0 Å². The van der Waals surface area contributed by atoms with Crippen LogP contribution in [0.15, 0.2) is 71.9 Å². The predicted octanol–water partition coefficient (Wildman–Crippen LogP) is 6.37. The van der Waals surface area contributed by atoms with Crippen molar-refractivity contribution in [2.75, 3.05) is 18.0 Å². The van der Waals surface area contributed by atoms with E-state index in [1.807, 2.05) is 6.92 Å². The molecule has 39 heavy (non-hydrogen) atoms. The third kappa shape index (κ3) is 6.29. The molecule has 0 aliphatic heterocycles. The first-order valence-corrected chi connectivity index (χ1v) is 14.6. The van der Waals surface area contributed by atoms with E-state index in [-0.39, 0.29) is 27.7 Å². The van der Waals surface area contributed by atoms with Gasteiger partial charge in [0, 0.05) is 31.0 Å². The van der Waals surface area contributed by atoms with Crippen LogP contribution in [0.25, 0.3) is 10.2 Å². The number of carbonyl (C=O) groups excluding carboxylic acids is 1. The summed E-state index contributed by atoms with van der Waals surface area (Å²) in [5, 5.41) is 0.0944. The molecule has 2 aromatic heterocycles. The molecule has 0 radical (unpaired) electrons. The fourth-order valence-electron chi connectivity index (χ4n) is 4.04. The number of anilines is 1. The lowest BCUT2D eigenvalue weighted by Crippen LogP contribution is -2.32. The first-order valence-electron chi connectivity index (χ1n) is 12.3. The van der Waals surface area contributed by atoms with Crippen LogP contribution >= 0.6 is 11.3 Å². The van der Waals surface area contributed by atoms with E-state index >= 15 is 0 Å². The number of halogens is 3. The molecule has 4 rings (SSSR count). The maximum Gasteiger partial charge on any atom is 0.418 e. The Kier molecular flexibility index (Phi) is 8.67. The summed E-state index contributed by atoms with van der Waals surface area (Å²) in [5.41, 5.74) is -0.236. The Balaban J connectivity index is 1.71. The van der Waals surface area contributed by atoms with Crippen molar-refractivity contribution in [2.24, 2.45) is 0 Å². The molecule has 0 aliphatic rings. The van der Waals surface area contributed by atoms with Crippen LogP contribution in [0.4, 0.5) is 18.3 Å². The van der Waals surface area contributed by atoms with E-state index in [1.54, 1.807) is 31.5 Å². The molecular weight excluding hydrogens is 549 g/mol. The fraction of sp³-hybridized carbons (Fsp3) is 0.296. The van der Waals surface area contributed by atoms with Gasteiger partial charge in [-0.05, 0) is 60.5 Å². The summed E-state index contributed by atoms with van der Waals surface area (Å²) in [5.74, 6) is -0.526. The highest BCUT2D eigenvalue weighted by atomic mass is 32.2. The van der Waals surface area contributed by atoms with Crippen molar-refractivity contribution >= 4 is 42.6 Å². The molecular formula is C27H27F3N4O3S2. The molecule has 4 aromatic rings. The van der Waals surface area contributed by atoms with Crippen molar-refractivity contribution in [1.29, 1.82) is 0 Å². The quantitative estimate of drug-likeness (QED) is 0.219. The van der Waals surface area contributed by atoms with Gasteiger partial charge in [0.25, 0.3) is 5.91 Å². The second-order valence-corrected chi connectivity index (χ2v) is 11.7. The molecule has 0 unspecified atom stereocenters. The summed E-state index contributed by atoms with van der Waals surface area (Å²) in [7, 11) is -3.74. The van der Waals surface area contributed by atoms with E-state index in [1.165, 1.54) is 45.6 Å². The molecule has 0 bridgehead atoms. The normalized spacial score (nSPS) is 12.3. The third-order valence-corrected chi connectivity index (χ3v) is 9.16. The van der Waals surface area contributed by atoms with Gasteiger partial charge in [0.1, 0.15) is 0 Å². The van der Waals surface area contributed by atoms with Gasteiger partial charge in [-0.15, -0.1) is 0 Å². The molecule has 7 nitrogen and oxygen atoms in total. The number of pyridine rings is 1. The Labute approximate surface area is 229 Å². The minimum atomic E-state index is -4.60. The summed E-state index contributed by atoms with van der Waals surface area (Å²) in [6.07, 6.45) is 0.0794. The number of alkyl halides is 3. The zero-order chi connectivity index (χ0) is 28.2. The maximum absolute atomic E-state index is 13.7. The largest absolute Gasteiger partial charge is 0.418 e. The molecule has 206 valence electrons. The summed E-state index contributed by atoms with van der Waals surface area (Å²) in [6, 6.07) is 12.8. The molecule has 0 spiro atoms. The van der Waals surface area contributed by atoms with Crippen LogP contribution in [-0.4, -0.2) is 41.7 Å². The highest BCUT2D eigenvalue weighted by Crippen LogP contribution is 2.39. The molecule has 0 saturated heterocycles. The zero-order valence-corrected chi connectivity index (χ0v) is 23.0. The Morgan fingerprint density at radius 1 is 1.00 bits per heavy atom. The number of hydrogen-bond donors (Lipinski definition) is 0. The van der Waals surface area contributed by atoms with Gasteiger partial charge < -0.3 is 0 Å². The van der Waals surface area contributed by atoms with Gasteiger partial charge in [-0.25, -0.2) is 13.4 Å². The highest BCUT2D eigenvalue weighted by Gasteiger charge is 2.34. The molecule has 0 N–H and O–H groups in total. The molecule has 12 heteroatoms. The molecule has 0 fully saturated rings. The summed E-state index contributed by atoms with van der Waals surface area (Å²) in [6.45, 7) is 4.49.